The van der Waals surface area contributed by atoms with E-state index in [4.69, 9.17) is 4.74 Å². The van der Waals surface area contributed by atoms with Crippen LogP contribution in [0.5, 0.6) is 0 Å². The van der Waals surface area contributed by atoms with Gasteiger partial charge in [-0.1, -0.05) is 40.0 Å². The third-order valence-corrected chi connectivity index (χ3v) is 4.63. The summed E-state index contributed by atoms with van der Waals surface area (Å²) in [5, 5.41) is 24.0. The minimum atomic E-state index is -1.23. The fourth-order valence-electron chi connectivity index (χ4n) is 2.86. The Labute approximate surface area is 161 Å². The molecule has 1 aliphatic heterocycles. The maximum absolute atomic E-state index is 12.6. The minimum absolute atomic E-state index is 0.120. The molecule has 27 heavy (non-hydrogen) atoms. The number of carbonyl (C=O) groups excluding carboxylic acids is 3. The summed E-state index contributed by atoms with van der Waals surface area (Å²) in [6, 6.07) is -1.96. The standard InChI is InChI=1S/C19H34N2O6/c1-4-5-6-7-8-16(24)20-15(10-22)18(26)21-14(9-13(2)3)17(25)19(11-23)12-27-19/h13-15,22-23H,4-12H2,1-3H3,(H,20,24)(H,21,26)/t14?,15-,19+/m0/s1. The summed E-state index contributed by atoms with van der Waals surface area (Å²) < 4.78 is 5.10. The van der Waals surface area contributed by atoms with Crippen molar-refractivity contribution in [1.82, 2.24) is 10.6 Å². The fraction of sp³-hybridized carbons (Fsp3) is 0.842. The summed E-state index contributed by atoms with van der Waals surface area (Å²) >= 11 is 0. The van der Waals surface area contributed by atoms with Crippen molar-refractivity contribution in [2.45, 2.75) is 77.0 Å². The maximum Gasteiger partial charge on any atom is 0.245 e. The first kappa shape index (κ1) is 23.5. The van der Waals surface area contributed by atoms with E-state index in [2.05, 4.69) is 17.6 Å². The summed E-state index contributed by atoms with van der Waals surface area (Å²) in [5.41, 5.74) is -1.23. The number of aliphatic hydroxyl groups is 2. The van der Waals surface area contributed by atoms with Gasteiger partial charge in [0.1, 0.15) is 6.04 Å². The largest absolute Gasteiger partial charge is 0.394 e. The lowest BCUT2D eigenvalue weighted by Crippen LogP contribution is -2.55. The molecule has 156 valence electrons. The number of amides is 2. The predicted molar refractivity (Wildman–Crippen MR) is 99.9 cm³/mol. The second-order valence-corrected chi connectivity index (χ2v) is 7.61. The van der Waals surface area contributed by atoms with Gasteiger partial charge in [-0.3, -0.25) is 14.4 Å². The zero-order valence-corrected chi connectivity index (χ0v) is 16.6. The number of aliphatic hydroxyl groups excluding tert-OH is 2. The number of ether oxygens (including phenoxy) is 1. The Balaban J connectivity index is 2.63. The normalized spacial score (nSPS) is 20.8. The second kappa shape index (κ2) is 11.4. The van der Waals surface area contributed by atoms with Crippen molar-refractivity contribution in [3.05, 3.63) is 0 Å². The van der Waals surface area contributed by atoms with Crippen LogP contribution in [0.2, 0.25) is 0 Å². The molecular weight excluding hydrogens is 352 g/mol. The maximum atomic E-state index is 12.6. The molecule has 0 bridgehead atoms. The number of rotatable bonds is 14. The lowest BCUT2D eigenvalue weighted by atomic mass is 9.92. The first-order valence-corrected chi connectivity index (χ1v) is 9.79. The van der Waals surface area contributed by atoms with Crippen molar-refractivity contribution in [3.8, 4) is 0 Å². The zero-order chi connectivity index (χ0) is 20.4. The highest BCUT2D eigenvalue weighted by Crippen LogP contribution is 2.30. The number of hydrogen-bond donors (Lipinski definition) is 4. The lowest BCUT2D eigenvalue weighted by Gasteiger charge is -2.24. The molecule has 0 aliphatic carbocycles. The van der Waals surface area contributed by atoms with Crippen LogP contribution in [-0.4, -0.2) is 65.3 Å². The SMILES string of the molecule is CCCCCCC(=O)N[C@@H](CO)C(=O)NC(CC(C)C)C(=O)[C@@]1(CO)CO1. The zero-order valence-electron chi connectivity index (χ0n) is 16.6. The van der Waals surface area contributed by atoms with Gasteiger partial charge in [0.05, 0.1) is 25.9 Å². The van der Waals surface area contributed by atoms with E-state index in [9.17, 15) is 24.6 Å². The van der Waals surface area contributed by atoms with E-state index in [1.165, 1.54) is 0 Å². The monoisotopic (exact) mass is 386 g/mol. The number of carbonyl (C=O) groups is 3. The van der Waals surface area contributed by atoms with Gasteiger partial charge in [0.2, 0.25) is 11.8 Å². The van der Waals surface area contributed by atoms with Gasteiger partial charge in [-0.25, -0.2) is 0 Å². The Bertz CT molecular complexity index is 504. The Morgan fingerprint density at radius 3 is 2.22 bits per heavy atom. The Kier molecular flexibility index (Phi) is 9.90. The van der Waals surface area contributed by atoms with Gasteiger partial charge < -0.3 is 25.6 Å². The number of hydrogen-bond acceptors (Lipinski definition) is 6. The molecule has 3 atom stereocenters. The van der Waals surface area contributed by atoms with Crippen molar-refractivity contribution in [3.63, 3.8) is 0 Å². The number of ketones is 1. The fourth-order valence-corrected chi connectivity index (χ4v) is 2.86. The molecule has 8 nitrogen and oxygen atoms in total. The molecule has 0 aromatic rings. The van der Waals surface area contributed by atoms with Crippen molar-refractivity contribution in [1.29, 1.82) is 0 Å². The van der Waals surface area contributed by atoms with Crippen LogP contribution in [0.4, 0.5) is 0 Å². The Morgan fingerprint density at radius 2 is 1.74 bits per heavy atom. The van der Waals surface area contributed by atoms with Gasteiger partial charge in [0, 0.05) is 6.42 Å². The minimum Gasteiger partial charge on any atom is -0.394 e. The number of Topliss-reactive ketones (excluding diaryl/α,β-unsaturated/α-hetero) is 1. The predicted octanol–water partition coefficient (Wildman–Crippen LogP) is 0.295. The molecule has 1 fully saturated rings. The summed E-state index contributed by atoms with van der Waals surface area (Å²) in [6.45, 7) is 5.03. The van der Waals surface area contributed by atoms with Gasteiger partial charge in [-0.05, 0) is 18.8 Å². The third-order valence-electron chi connectivity index (χ3n) is 4.63. The summed E-state index contributed by atoms with van der Waals surface area (Å²) in [6.07, 6.45) is 4.44. The van der Waals surface area contributed by atoms with Crippen LogP contribution in [-0.2, 0) is 19.1 Å². The number of epoxide rings is 1. The second-order valence-electron chi connectivity index (χ2n) is 7.61. The van der Waals surface area contributed by atoms with E-state index < -0.39 is 36.8 Å². The lowest BCUT2D eigenvalue weighted by molar-refractivity contribution is -0.134. The highest BCUT2D eigenvalue weighted by Gasteiger charge is 2.54. The van der Waals surface area contributed by atoms with Crippen LogP contribution < -0.4 is 10.6 Å². The molecule has 1 heterocycles. The van der Waals surface area contributed by atoms with Crippen LogP contribution in [0.3, 0.4) is 0 Å². The molecule has 1 rings (SSSR count). The summed E-state index contributed by atoms with van der Waals surface area (Å²) in [5.74, 6) is -1.18. The summed E-state index contributed by atoms with van der Waals surface area (Å²) in [4.78, 5) is 37.1. The van der Waals surface area contributed by atoms with E-state index in [1.807, 2.05) is 13.8 Å². The molecule has 4 N–H and O–H groups in total. The van der Waals surface area contributed by atoms with E-state index in [0.717, 1.165) is 25.7 Å². The molecule has 2 amide bonds. The average molecular weight is 386 g/mol. The topological polar surface area (TPSA) is 128 Å². The molecule has 0 aromatic carbocycles. The molecule has 1 aliphatic rings. The molecule has 0 spiro atoms. The average Bonchev–Trinajstić information content (AvgIpc) is 3.43. The van der Waals surface area contributed by atoms with Crippen molar-refractivity contribution in [2.75, 3.05) is 19.8 Å². The van der Waals surface area contributed by atoms with Crippen molar-refractivity contribution < 1.29 is 29.3 Å². The first-order chi connectivity index (χ1) is 12.8. The van der Waals surface area contributed by atoms with Gasteiger partial charge in [-0.2, -0.15) is 0 Å². The first-order valence-electron chi connectivity index (χ1n) is 9.79. The smallest absolute Gasteiger partial charge is 0.245 e. The number of nitrogens with one attached hydrogen (secondary N) is 2. The van der Waals surface area contributed by atoms with Crippen molar-refractivity contribution >= 4 is 17.6 Å². The molecule has 1 unspecified atom stereocenters. The van der Waals surface area contributed by atoms with Crippen LogP contribution in [0, 0.1) is 5.92 Å². The van der Waals surface area contributed by atoms with E-state index >= 15 is 0 Å². The quantitative estimate of drug-likeness (QED) is 0.251. The van der Waals surface area contributed by atoms with Gasteiger partial charge in [0.15, 0.2) is 11.4 Å². The highest BCUT2D eigenvalue weighted by atomic mass is 16.6. The van der Waals surface area contributed by atoms with E-state index in [1.54, 1.807) is 0 Å². The highest BCUT2D eigenvalue weighted by molar-refractivity contribution is 5.98. The molecule has 0 aromatic heterocycles. The van der Waals surface area contributed by atoms with Gasteiger partial charge >= 0.3 is 0 Å². The Morgan fingerprint density at radius 1 is 1.07 bits per heavy atom. The van der Waals surface area contributed by atoms with E-state index in [0.29, 0.717) is 12.8 Å². The molecule has 0 saturated carbocycles. The third kappa shape index (κ3) is 7.56. The van der Waals surface area contributed by atoms with Gasteiger partial charge in [0.25, 0.3) is 0 Å². The summed E-state index contributed by atoms with van der Waals surface area (Å²) in [7, 11) is 0. The molecular formula is C19H34N2O6. The van der Waals surface area contributed by atoms with Crippen LogP contribution in [0.15, 0.2) is 0 Å². The van der Waals surface area contributed by atoms with Gasteiger partial charge in [-0.15, -0.1) is 0 Å². The molecule has 0 radical (unpaired) electrons. The number of unbranched alkanes of at least 4 members (excludes halogenated alkanes) is 3. The van der Waals surface area contributed by atoms with Crippen LogP contribution in [0.1, 0.15) is 59.3 Å². The molecule has 1 saturated heterocycles. The Hall–Kier alpha value is -1.51. The van der Waals surface area contributed by atoms with Crippen LogP contribution >= 0.6 is 0 Å². The van der Waals surface area contributed by atoms with Crippen LogP contribution in [0.25, 0.3) is 0 Å². The van der Waals surface area contributed by atoms with Crippen molar-refractivity contribution in [2.24, 2.45) is 5.92 Å². The molecule has 8 heteroatoms. The van der Waals surface area contributed by atoms with E-state index in [-0.39, 0.29) is 24.2 Å².